The van der Waals surface area contributed by atoms with Crippen LogP contribution in [-0.2, 0) is 0 Å². The van der Waals surface area contributed by atoms with Crippen LogP contribution in [0.3, 0.4) is 0 Å². The first kappa shape index (κ1) is 13.9. The van der Waals surface area contributed by atoms with Crippen molar-refractivity contribution in [3.05, 3.63) is 60.2 Å². The summed E-state index contributed by atoms with van der Waals surface area (Å²) in [5.41, 5.74) is 5.09. The van der Waals surface area contributed by atoms with Crippen molar-refractivity contribution in [2.75, 3.05) is 0 Å². The molecule has 0 aromatic heterocycles. The van der Waals surface area contributed by atoms with Gasteiger partial charge in [0, 0.05) is 4.90 Å². The summed E-state index contributed by atoms with van der Waals surface area (Å²) in [6, 6.07) is 17.0. The molecule has 0 radical (unpaired) electrons. The zero-order valence-electron chi connectivity index (χ0n) is 11.4. The molecule has 0 spiro atoms. The number of nitrogens with two attached hydrogens (primary N) is 1. The average Bonchev–Trinajstić information content (AvgIpc) is 2.48. The van der Waals surface area contributed by atoms with Crippen molar-refractivity contribution in [1.29, 1.82) is 0 Å². The van der Waals surface area contributed by atoms with E-state index in [0.717, 1.165) is 11.3 Å². The summed E-state index contributed by atoms with van der Waals surface area (Å²) < 4.78 is 0. The molecule has 98 valence electrons. The second kappa shape index (κ2) is 6.60. The molecule has 19 heavy (non-hydrogen) atoms. The highest BCUT2D eigenvalue weighted by Gasteiger charge is 2.00. The van der Waals surface area contributed by atoms with E-state index in [1.54, 1.807) is 0 Å². The van der Waals surface area contributed by atoms with Gasteiger partial charge in [-0.25, -0.2) is 0 Å². The molecule has 1 nitrogen and oxygen atoms in total. The third-order valence-corrected chi connectivity index (χ3v) is 3.72. The van der Waals surface area contributed by atoms with Crippen LogP contribution in [0.5, 0.6) is 0 Å². The SMILES string of the molecule is CCC=C(C)c1ccc(-c2ccc(SN)cc2)cc1. The molecule has 0 aliphatic heterocycles. The number of allylic oxidation sites excluding steroid dienone is 2. The van der Waals surface area contributed by atoms with Gasteiger partial charge in [0.05, 0.1) is 0 Å². The molecule has 0 saturated carbocycles. The Hall–Kier alpha value is -1.51. The summed E-state index contributed by atoms with van der Waals surface area (Å²) in [5.74, 6) is 0. The minimum Gasteiger partial charge on any atom is -0.274 e. The van der Waals surface area contributed by atoms with Gasteiger partial charge < -0.3 is 0 Å². The van der Waals surface area contributed by atoms with Crippen LogP contribution in [0.25, 0.3) is 16.7 Å². The molecule has 0 bridgehead atoms. The number of hydrogen-bond acceptors (Lipinski definition) is 2. The fraction of sp³-hybridized carbons (Fsp3) is 0.176. The number of rotatable bonds is 4. The van der Waals surface area contributed by atoms with Gasteiger partial charge >= 0.3 is 0 Å². The van der Waals surface area contributed by atoms with Crippen LogP contribution in [0.4, 0.5) is 0 Å². The summed E-state index contributed by atoms with van der Waals surface area (Å²) in [7, 11) is 0. The average molecular weight is 269 g/mol. The van der Waals surface area contributed by atoms with Crippen LogP contribution >= 0.6 is 11.9 Å². The molecule has 0 aliphatic carbocycles. The van der Waals surface area contributed by atoms with E-state index in [0.29, 0.717) is 0 Å². The normalized spacial score (nSPS) is 11.6. The fourth-order valence-corrected chi connectivity index (χ4v) is 2.37. The smallest absolute Gasteiger partial charge is 0.0226 e. The monoisotopic (exact) mass is 269 g/mol. The Kier molecular flexibility index (Phi) is 4.83. The number of hydrogen-bond donors (Lipinski definition) is 1. The lowest BCUT2D eigenvalue weighted by Crippen LogP contribution is -1.83. The van der Waals surface area contributed by atoms with Gasteiger partial charge in [-0.05, 0) is 59.7 Å². The maximum Gasteiger partial charge on any atom is 0.0226 e. The Bertz CT molecular complexity index is 553. The van der Waals surface area contributed by atoms with E-state index in [-0.39, 0.29) is 0 Å². The quantitative estimate of drug-likeness (QED) is 0.778. The Labute approximate surface area is 119 Å². The van der Waals surface area contributed by atoms with Crippen molar-refractivity contribution in [3.63, 3.8) is 0 Å². The van der Waals surface area contributed by atoms with Crippen LogP contribution in [0.1, 0.15) is 25.8 Å². The second-order valence-electron chi connectivity index (χ2n) is 4.51. The first-order chi connectivity index (χ1) is 9.24. The van der Waals surface area contributed by atoms with E-state index in [2.05, 4.69) is 68.5 Å². The summed E-state index contributed by atoms with van der Waals surface area (Å²) in [5, 5.41) is 5.53. The Balaban J connectivity index is 2.24. The molecule has 0 amide bonds. The van der Waals surface area contributed by atoms with Crippen LogP contribution in [0.2, 0.25) is 0 Å². The molecule has 0 saturated heterocycles. The zero-order chi connectivity index (χ0) is 13.7. The molecule has 0 atom stereocenters. The van der Waals surface area contributed by atoms with Gasteiger partial charge in [0.1, 0.15) is 0 Å². The van der Waals surface area contributed by atoms with E-state index in [9.17, 15) is 0 Å². The van der Waals surface area contributed by atoms with E-state index in [1.807, 2.05) is 0 Å². The van der Waals surface area contributed by atoms with Crippen molar-refractivity contribution >= 4 is 17.5 Å². The highest BCUT2D eigenvalue weighted by Crippen LogP contribution is 2.24. The van der Waals surface area contributed by atoms with Crippen LogP contribution in [0, 0.1) is 0 Å². The largest absolute Gasteiger partial charge is 0.274 e. The van der Waals surface area contributed by atoms with Crippen LogP contribution < -0.4 is 5.14 Å². The van der Waals surface area contributed by atoms with Crippen molar-refractivity contribution < 1.29 is 0 Å². The third-order valence-electron chi connectivity index (χ3n) is 3.17. The molecular formula is C17H19NS. The fourth-order valence-electron chi connectivity index (χ4n) is 2.08. The standard InChI is InChI=1S/C17H19NS/c1-3-4-13(2)14-5-7-15(8-6-14)16-9-11-17(19-18)12-10-16/h4-12H,3,18H2,1-2H3. The Morgan fingerprint density at radius 1 is 1.00 bits per heavy atom. The molecular weight excluding hydrogens is 250 g/mol. The molecule has 2 N–H and O–H groups in total. The molecule has 2 heteroatoms. The van der Waals surface area contributed by atoms with Gasteiger partial charge in [0.15, 0.2) is 0 Å². The first-order valence-corrected chi connectivity index (χ1v) is 7.37. The molecule has 2 aromatic rings. The van der Waals surface area contributed by atoms with Gasteiger partial charge in [0.2, 0.25) is 0 Å². The summed E-state index contributed by atoms with van der Waals surface area (Å²) in [6.45, 7) is 4.32. The molecule has 2 rings (SSSR count). The highest BCUT2D eigenvalue weighted by atomic mass is 32.2. The molecule has 0 aliphatic rings. The van der Waals surface area contributed by atoms with Gasteiger partial charge in [-0.1, -0.05) is 49.4 Å². The van der Waals surface area contributed by atoms with E-state index >= 15 is 0 Å². The van der Waals surface area contributed by atoms with Gasteiger partial charge in [0.25, 0.3) is 0 Å². The van der Waals surface area contributed by atoms with E-state index < -0.39 is 0 Å². The van der Waals surface area contributed by atoms with Crippen LogP contribution in [-0.4, -0.2) is 0 Å². The van der Waals surface area contributed by atoms with Crippen LogP contribution in [0.15, 0.2) is 59.5 Å². The third kappa shape index (κ3) is 3.49. The summed E-state index contributed by atoms with van der Waals surface area (Å²) >= 11 is 1.28. The molecule has 0 heterocycles. The minimum atomic E-state index is 1.08. The lowest BCUT2D eigenvalue weighted by Gasteiger charge is -2.06. The lowest BCUT2D eigenvalue weighted by atomic mass is 10.0. The molecule has 2 aromatic carbocycles. The number of benzene rings is 2. The predicted molar refractivity (Wildman–Crippen MR) is 85.9 cm³/mol. The van der Waals surface area contributed by atoms with E-state index in [4.69, 9.17) is 5.14 Å². The Morgan fingerprint density at radius 2 is 1.53 bits per heavy atom. The topological polar surface area (TPSA) is 26.0 Å². The molecule has 0 unspecified atom stereocenters. The zero-order valence-corrected chi connectivity index (χ0v) is 12.2. The Morgan fingerprint density at radius 3 is 2.00 bits per heavy atom. The maximum absolute atomic E-state index is 5.53. The van der Waals surface area contributed by atoms with Gasteiger partial charge in [-0.2, -0.15) is 0 Å². The van der Waals surface area contributed by atoms with Gasteiger partial charge in [-0.15, -0.1) is 0 Å². The van der Waals surface area contributed by atoms with Gasteiger partial charge in [-0.3, -0.25) is 5.14 Å². The van der Waals surface area contributed by atoms with E-state index in [1.165, 1.54) is 34.2 Å². The molecule has 0 fully saturated rings. The predicted octanol–water partition coefficient (Wildman–Crippen LogP) is 5.13. The highest BCUT2D eigenvalue weighted by molar-refractivity contribution is 7.97. The first-order valence-electron chi connectivity index (χ1n) is 6.49. The summed E-state index contributed by atoms with van der Waals surface area (Å²) in [4.78, 5) is 1.09. The second-order valence-corrected chi connectivity index (χ2v) is 5.22. The van der Waals surface area contributed by atoms with Crippen molar-refractivity contribution in [2.24, 2.45) is 5.14 Å². The maximum atomic E-state index is 5.53. The minimum absolute atomic E-state index is 1.08. The van der Waals surface area contributed by atoms with Crippen molar-refractivity contribution in [1.82, 2.24) is 0 Å². The lowest BCUT2D eigenvalue weighted by molar-refractivity contribution is 1.22. The van der Waals surface area contributed by atoms with Crippen molar-refractivity contribution in [3.8, 4) is 11.1 Å². The van der Waals surface area contributed by atoms with Crippen molar-refractivity contribution in [2.45, 2.75) is 25.2 Å². The summed E-state index contributed by atoms with van der Waals surface area (Å²) in [6.07, 6.45) is 3.33.